The van der Waals surface area contributed by atoms with Crippen LogP contribution >= 0.6 is 0 Å². The lowest BCUT2D eigenvalue weighted by Gasteiger charge is -2.03. The van der Waals surface area contributed by atoms with Gasteiger partial charge >= 0.3 is 0 Å². The van der Waals surface area contributed by atoms with Crippen molar-refractivity contribution in [3.05, 3.63) is 52.6 Å². The molecule has 3 aromatic rings. The molecule has 3 rings (SSSR count). The summed E-state index contributed by atoms with van der Waals surface area (Å²) in [5.74, 6) is -1.64. The van der Waals surface area contributed by atoms with E-state index in [1.54, 1.807) is 0 Å². The molecule has 7 heteroatoms. The third-order valence-corrected chi connectivity index (χ3v) is 2.64. The highest BCUT2D eigenvalue weighted by molar-refractivity contribution is 5.93. The minimum atomic E-state index is -0.940. The van der Waals surface area contributed by atoms with Crippen LogP contribution in [-0.2, 0) is 0 Å². The van der Waals surface area contributed by atoms with Crippen molar-refractivity contribution in [1.29, 1.82) is 0 Å². The second-order valence-corrected chi connectivity index (χ2v) is 3.92. The number of nitrogens with zero attached hydrogens (tertiary/aromatic N) is 1. The Bertz CT molecular complexity index is 809. The van der Waals surface area contributed by atoms with E-state index in [2.05, 4.69) is 20.3 Å². The van der Waals surface area contributed by atoms with Gasteiger partial charge in [-0.25, -0.2) is 8.78 Å². The van der Waals surface area contributed by atoms with E-state index in [1.807, 2.05) is 0 Å². The Morgan fingerprint density at radius 1 is 1.16 bits per heavy atom. The van der Waals surface area contributed by atoms with E-state index < -0.39 is 17.2 Å². The quantitative estimate of drug-likeness (QED) is 0.663. The van der Waals surface area contributed by atoms with Gasteiger partial charge in [0.05, 0.1) is 11.2 Å². The molecule has 3 N–H and O–H groups in total. The third-order valence-electron chi connectivity index (χ3n) is 2.64. The Kier molecular flexibility index (Phi) is 2.52. The molecular formula is C12H8F2N4O. The van der Waals surface area contributed by atoms with Crippen LogP contribution in [0.5, 0.6) is 0 Å². The molecule has 5 nitrogen and oxygen atoms in total. The molecule has 0 aliphatic carbocycles. The number of halogens is 2. The van der Waals surface area contributed by atoms with E-state index in [0.29, 0.717) is 16.6 Å². The normalized spacial score (nSPS) is 10.8. The van der Waals surface area contributed by atoms with E-state index in [0.717, 1.165) is 12.1 Å². The first kappa shape index (κ1) is 11.4. The highest BCUT2D eigenvalue weighted by atomic mass is 19.2. The highest BCUT2D eigenvalue weighted by Crippen LogP contribution is 2.26. The van der Waals surface area contributed by atoms with Gasteiger partial charge in [-0.2, -0.15) is 4.98 Å². The molecular weight excluding hydrogens is 254 g/mol. The maximum absolute atomic E-state index is 13.2. The van der Waals surface area contributed by atoms with E-state index in [9.17, 15) is 13.6 Å². The largest absolute Gasteiger partial charge is 0.359 e. The van der Waals surface area contributed by atoms with Gasteiger partial charge in [0.15, 0.2) is 11.6 Å². The highest BCUT2D eigenvalue weighted by Gasteiger charge is 2.10. The average Bonchev–Trinajstić information content (AvgIpc) is 2.73. The second-order valence-electron chi connectivity index (χ2n) is 3.92. The fraction of sp³-hybridized carbons (Fsp3) is 0. The van der Waals surface area contributed by atoms with Gasteiger partial charge in [0.25, 0.3) is 5.56 Å². The molecule has 0 saturated heterocycles. The first-order valence-electron chi connectivity index (χ1n) is 5.42. The fourth-order valence-corrected chi connectivity index (χ4v) is 1.78. The van der Waals surface area contributed by atoms with Crippen molar-refractivity contribution in [1.82, 2.24) is 15.0 Å². The number of H-pyrrole nitrogens is 2. The van der Waals surface area contributed by atoms with Crippen LogP contribution in [0.1, 0.15) is 0 Å². The van der Waals surface area contributed by atoms with Gasteiger partial charge in [-0.1, -0.05) is 0 Å². The summed E-state index contributed by atoms with van der Waals surface area (Å²) in [6.45, 7) is 0. The summed E-state index contributed by atoms with van der Waals surface area (Å²) in [6, 6.07) is 3.41. The zero-order valence-electron chi connectivity index (χ0n) is 9.50. The third kappa shape index (κ3) is 2.05. The van der Waals surface area contributed by atoms with Gasteiger partial charge < -0.3 is 15.3 Å². The molecule has 1 aromatic carbocycles. The zero-order chi connectivity index (χ0) is 13.4. The van der Waals surface area contributed by atoms with Crippen LogP contribution in [0.3, 0.4) is 0 Å². The van der Waals surface area contributed by atoms with Crippen molar-refractivity contribution in [3.63, 3.8) is 0 Å². The van der Waals surface area contributed by atoms with Crippen molar-refractivity contribution >= 4 is 22.5 Å². The van der Waals surface area contributed by atoms with Crippen molar-refractivity contribution in [2.75, 3.05) is 5.32 Å². The van der Waals surface area contributed by atoms with E-state index >= 15 is 0 Å². The molecule has 0 radical (unpaired) electrons. The number of fused-ring (bicyclic) bond motifs is 1. The fourth-order valence-electron chi connectivity index (χ4n) is 1.78. The van der Waals surface area contributed by atoms with Gasteiger partial charge in [0, 0.05) is 29.9 Å². The Labute approximate surface area is 105 Å². The molecule has 0 saturated carbocycles. The van der Waals surface area contributed by atoms with E-state index in [-0.39, 0.29) is 5.95 Å². The topological polar surface area (TPSA) is 73.6 Å². The van der Waals surface area contributed by atoms with Gasteiger partial charge in [-0.15, -0.1) is 0 Å². The predicted molar refractivity (Wildman–Crippen MR) is 66.4 cm³/mol. The lowest BCUT2D eigenvalue weighted by atomic mass is 10.2. The average molecular weight is 262 g/mol. The van der Waals surface area contributed by atoms with Crippen LogP contribution in [0.4, 0.5) is 20.4 Å². The summed E-state index contributed by atoms with van der Waals surface area (Å²) in [5, 5.41) is 3.29. The molecule has 0 atom stereocenters. The Morgan fingerprint density at radius 2 is 1.95 bits per heavy atom. The van der Waals surface area contributed by atoms with Crippen molar-refractivity contribution < 1.29 is 8.78 Å². The molecule has 0 aliphatic heterocycles. The zero-order valence-corrected chi connectivity index (χ0v) is 9.50. The van der Waals surface area contributed by atoms with E-state index in [1.165, 1.54) is 18.5 Å². The SMILES string of the molecule is O=c1cc[nH]c(Nc2c[nH]c3cc(F)c(F)cc23)n1. The summed E-state index contributed by atoms with van der Waals surface area (Å²) in [7, 11) is 0. The van der Waals surface area contributed by atoms with Gasteiger partial charge in [-0.05, 0) is 6.07 Å². The minimum absolute atomic E-state index is 0.220. The van der Waals surface area contributed by atoms with Gasteiger partial charge in [0.1, 0.15) is 0 Å². The standard InChI is InChI=1S/C12H8F2N4O/c13-7-3-6-9(4-8(7)14)16-5-10(6)17-12-15-2-1-11(19)18-12/h1-5,16H,(H2,15,17,18,19). The number of rotatable bonds is 2. The molecule has 96 valence electrons. The molecule has 0 amide bonds. The summed E-state index contributed by atoms with van der Waals surface area (Å²) >= 11 is 0. The van der Waals surface area contributed by atoms with Crippen LogP contribution in [0.25, 0.3) is 10.9 Å². The molecule has 0 fully saturated rings. The van der Waals surface area contributed by atoms with E-state index in [4.69, 9.17) is 0 Å². The summed E-state index contributed by atoms with van der Waals surface area (Å²) < 4.78 is 26.3. The summed E-state index contributed by atoms with van der Waals surface area (Å²) in [5.41, 5.74) is 0.529. The number of aromatic nitrogens is 3. The van der Waals surface area contributed by atoms with Crippen LogP contribution < -0.4 is 10.9 Å². The second kappa shape index (κ2) is 4.20. The van der Waals surface area contributed by atoms with Crippen LogP contribution in [0.2, 0.25) is 0 Å². The lowest BCUT2D eigenvalue weighted by molar-refractivity contribution is 0.511. The number of nitrogens with one attached hydrogen (secondary N) is 3. The molecule has 2 aromatic heterocycles. The van der Waals surface area contributed by atoms with Crippen molar-refractivity contribution in [2.24, 2.45) is 0 Å². The Hall–Kier alpha value is -2.70. The predicted octanol–water partition coefficient (Wildman–Crippen LogP) is 2.27. The van der Waals surface area contributed by atoms with Crippen molar-refractivity contribution in [3.8, 4) is 0 Å². The number of hydrogen-bond acceptors (Lipinski definition) is 3. The smallest absolute Gasteiger partial charge is 0.274 e. The Morgan fingerprint density at radius 3 is 2.74 bits per heavy atom. The number of aromatic amines is 2. The van der Waals surface area contributed by atoms with Crippen LogP contribution in [0, 0.1) is 11.6 Å². The van der Waals surface area contributed by atoms with Gasteiger partial charge in [0.2, 0.25) is 5.95 Å². The number of hydrogen-bond donors (Lipinski definition) is 3. The first-order chi connectivity index (χ1) is 9.13. The first-order valence-corrected chi connectivity index (χ1v) is 5.42. The number of benzene rings is 1. The molecule has 0 bridgehead atoms. The van der Waals surface area contributed by atoms with Crippen molar-refractivity contribution in [2.45, 2.75) is 0 Å². The molecule has 0 aliphatic rings. The maximum Gasteiger partial charge on any atom is 0.274 e. The maximum atomic E-state index is 13.2. The summed E-state index contributed by atoms with van der Waals surface area (Å²) in [4.78, 5) is 20.3. The van der Waals surface area contributed by atoms with Crippen LogP contribution in [-0.4, -0.2) is 15.0 Å². The molecule has 0 unspecified atom stereocenters. The van der Waals surface area contributed by atoms with Crippen LogP contribution in [0.15, 0.2) is 35.4 Å². The number of anilines is 2. The molecule has 19 heavy (non-hydrogen) atoms. The summed E-state index contributed by atoms with van der Waals surface area (Å²) in [6.07, 6.45) is 2.98. The minimum Gasteiger partial charge on any atom is -0.359 e. The lowest BCUT2D eigenvalue weighted by Crippen LogP contribution is -2.07. The Balaban J connectivity index is 2.06. The molecule has 0 spiro atoms. The van der Waals surface area contributed by atoms with Gasteiger partial charge in [-0.3, -0.25) is 4.79 Å². The molecule has 2 heterocycles. The monoisotopic (exact) mass is 262 g/mol.